The summed E-state index contributed by atoms with van der Waals surface area (Å²) in [4.78, 5) is 14.3. The minimum absolute atomic E-state index is 0.0978. The Labute approximate surface area is 144 Å². The molecule has 24 heavy (non-hydrogen) atoms. The number of hydrogen-bond acceptors (Lipinski definition) is 5. The van der Waals surface area contributed by atoms with E-state index in [0.29, 0.717) is 0 Å². The van der Waals surface area contributed by atoms with Crippen LogP contribution in [0.5, 0.6) is 5.75 Å². The number of nitrogens with one attached hydrogen (secondary N) is 1. The first-order valence-corrected chi connectivity index (χ1v) is 8.41. The summed E-state index contributed by atoms with van der Waals surface area (Å²) in [5, 5.41) is 2.97. The van der Waals surface area contributed by atoms with Gasteiger partial charge in [-0.15, -0.1) is 0 Å². The number of ether oxygens (including phenoxy) is 2. The Hall–Kier alpha value is -1.95. The summed E-state index contributed by atoms with van der Waals surface area (Å²) < 4.78 is 10.8. The van der Waals surface area contributed by atoms with E-state index in [0.717, 1.165) is 49.5 Å². The van der Waals surface area contributed by atoms with Gasteiger partial charge in [0.05, 0.1) is 7.11 Å². The van der Waals surface area contributed by atoms with Gasteiger partial charge in [-0.25, -0.2) is 4.79 Å². The van der Waals surface area contributed by atoms with Gasteiger partial charge in [-0.1, -0.05) is 0 Å². The van der Waals surface area contributed by atoms with Crippen LogP contribution in [0.15, 0.2) is 18.2 Å². The van der Waals surface area contributed by atoms with E-state index in [1.807, 2.05) is 39.0 Å². The molecule has 0 radical (unpaired) electrons. The number of carbonyl (C=O) groups is 1. The molecule has 6 nitrogen and oxygen atoms in total. The van der Waals surface area contributed by atoms with Crippen LogP contribution in [0.2, 0.25) is 0 Å². The molecule has 1 saturated heterocycles. The van der Waals surface area contributed by atoms with E-state index < -0.39 is 5.60 Å². The molecule has 1 aromatic rings. The average Bonchev–Trinajstić information content (AvgIpc) is 2.45. The highest BCUT2D eigenvalue weighted by Crippen LogP contribution is 2.24. The number of nitrogens with two attached hydrogens (primary N) is 1. The zero-order chi connectivity index (χ0) is 17.7. The Morgan fingerprint density at radius 1 is 1.42 bits per heavy atom. The largest absolute Gasteiger partial charge is 0.496 e. The summed E-state index contributed by atoms with van der Waals surface area (Å²) in [6.07, 6.45) is 1.64. The van der Waals surface area contributed by atoms with E-state index in [9.17, 15) is 4.79 Å². The standard InChI is InChI=1S/C18H29N3O3/c1-18(2,3)24-17(22)20-15-6-5-9-21(12-15)11-13-10-14(19)7-8-16(13)23-4/h7-8,10,15H,5-6,9,11-12,19H2,1-4H3,(H,20,22). The maximum atomic E-state index is 11.9. The van der Waals surface area contributed by atoms with Crippen molar-refractivity contribution in [3.05, 3.63) is 23.8 Å². The highest BCUT2D eigenvalue weighted by molar-refractivity contribution is 5.68. The number of nitrogen functional groups attached to an aromatic ring is 1. The van der Waals surface area contributed by atoms with Crippen LogP contribution < -0.4 is 15.8 Å². The highest BCUT2D eigenvalue weighted by atomic mass is 16.6. The Balaban J connectivity index is 1.94. The fourth-order valence-corrected chi connectivity index (χ4v) is 2.95. The molecule has 3 N–H and O–H groups in total. The molecule has 1 aliphatic rings. The van der Waals surface area contributed by atoms with Crippen molar-refractivity contribution in [2.45, 2.75) is 51.8 Å². The molecule has 0 bridgehead atoms. The molecule has 0 aromatic heterocycles. The Morgan fingerprint density at radius 2 is 2.17 bits per heavy atom. The number of likely N-dealkylation sites (tertiary alicyclic amines) is 1. The summed E-state index contributed by atoms with van der Waals surface area (Å²) in [6, 6.07) is 5.78. The second-order valence-electron chi connectivity index (χ2n) is 7.29. The van der Waals surface area contributed by atoms with E-state index in [2.05, 4.69) is 10.2 Å². The first kappa shape index (κ1) is 18.4. The molecule has 134 valence electrons. The van der Waals surface area contributed by atoms with E-state index in [-0.39, 0.29) is 12.1 Å². The van der Waals surface area contributed by atoms with E-state index >= 15 is 0 Å². The third kappa shape index (κ3) is 5.60. The predicted molar refractivity (Wildman–Crippen MR) is 95.1 cm³/mol. The Bertz CT molecular complexity index is 569. The second kappa shape index (κ2) is 7.75. The normalized spacial score (nSPS) is 18.9. The molecular formula is C18H29N3O3. The number of nitrogens with zero attached hydrogens (tertiary/aromatic N) is 1. The van der Waals surface area contributed by atoms with E-state index in [1.54, 1.807) is 7.11 Å². The molecule has 1 aliphatic heterocycles. The van der Waals surface area contributed by atoms with Crippen LogP contribution in [0, 0.1) is 0 Å². The van der Waals surface area contributed by atoms with Crippen molar-refractivity contribution >= 4 is 11.8 Å². The van der Waals surface area contributed by atoms with Gasteiger partial charge in [0.1, 0.15) is 11.4 Å². The number of carbonyl (C=O) groups excluding carboxylic acids is 1. The highest BCUT2D eigenvalue weighted by Gasteiger charge is 2.24. The smallest absolute Gasteiger partial charge is 0.407 e. The molecule has 0 spiro atoms. The van der Waals surface area contributed by atoms with Gasteiger partial charge in [-0.2, -0.15) is 0 Å². The first-order chi connectivity index (χ1) is 11.3. The van der Waals surface area contributed by atoms with Gasteiger partial charge in [-0.05, 0) is 58.4 Å². The fraction of sp³-hybridized carbons (Fsp3) is 0.611. The molecule has 0 saturated carbocycles. The fourth-order valence-electron chi connectivity index (χ4n) is 2.95. The molecule has 0 aliphatic carbocycles. The Kier molecular flexibility index (Phi) is 5.94. The van der Waals surface area contributed by atoms with Gasteiger partial charge in [0.15, 0.2) is 0 Å². The number of hydrogen-bond donors (Lipinski definition) is 2. The van der Waals surface area contributed by atoms with Crippen LogP contribution in [0.3, 0.4) is 0 Å². The van der Waals surface area contributed by atoms with Crippen molar-refractivity contribution in [3.63, 3.8) is 0 Å². The van der Waals surface area contributed by atoms with Crippen molar-refractivity contribution in [1.82, 2.24) is 10.2 Å². The molecule has 1 unspecified atom stereocenters. The molecule has 1 amide bonds. The molecular weight excluding hydrogens is 306 g/mol. The summed E-state index contributed by atoms with van der Waals surface area (Å²) in [5.74, 6) is 0.839. The van der Waals surface area contributed by atoms with Crippen LogP contribution in [-0.2, 0) is 11.3 Å². The van der Waals surface area contributed by atoms with Gasteiger partial charge in [-0.3, -0.25) is 4.90 Å². The van der Waals surface area contributed by atoms with Gasteiger partial charge < -0.3 is 20.5 Å². The van der Waals surface area contributed by atoms with Crippen LogP contribution in [-0.4, -0.2) is 42.8 Å². The third-order valence-electron chi connectivity index (χ3n) is 3.92. The predicted octanol–water partition coefficient (Wildman–Crippen LogP) is 2.77. The van der Waals surface area contributed by atoms with Crippen molar-refractivity contribution in [2.24, 2.45) is 0 Å². The van der Waals surface area contributed by atoms with Crippen molar-refractivity contribution < 1.29 is 14.3 Å². The number of benzene rings is 1. The number of rotatable bonds is 4. The molecule has 2 rings (SSSR count). The van der Waals surface area contributed by atoms with Crippen molar-refractivity contribution in [2.75, 3.05) is 25.9 Å². The molecule has 6 heteroatoms. The molecule has 1 fully saturated rings. The van der Waals surface area contributed by atoms with Gasteiger partial charge >= 0.3 is 6.09 Å². The lowest BCUT2D eigenvalue weighted by molar-refractivity contribution is 0.0470. The number of anilines is 1. The Morgan fingerprint density at radius 3 is 2.83 bits per heavy atom. The van der Waals surface area contributed by atoms with Crippen molar-refractivity contribution in [3.8, 4) is 5.75 Å². The lowest BCUT2D eigenvalue weighted by Gasteiger charge is -2.33. The van der Waals surface area contributed by atoms with Crippen LogP contribution in [0.4, 0.5) is 10.5 Å². The van der Waals surface area contributed by atoms with Crippen LogP contribution in [0.25, 0.3) is 0 Å². The van der Waals surface area contributed by atoms with Gasteiger partial charge in [0, 0.05) is 30.4 Å². The van der Waals surface area contributed by atoms with E-state index in [1.165, 1.54) is 0 Å². The quantitative estimate of drug-likeness (QED) is 0.828. The van der Waals surface area contributed by atoms with Gasteiger partial charge in [0.25, 0.3) is 0 Å². The molecule has 1 heterocycles. The topological polar surface area (TPSA) is 76.8 Å². The lowest BCUT2D eigenvalue weighted by atomic mass is 10.0. The maximum Gasteiger partial charge on any atom is 0.407 e. The third-order valence-corrected chi connectivity index (χ3v) is 3.92. The number of methoxy groups -OCH3 is 1. The average molecular weight is 335 g/mol. The lowest BCUT2D eigenvalue weighted by Crippen LogP contribution is -2.48. The van der Waals surface area contributed by atoms with Crippen LogP contribution in [0.1, 0.15) is 39.2 Å². The monoisotopic (exact) mass is 335 g/mol. The first-order valence-electron chi connectivity index (χ1n) is 8.41. The van der Waals surface area contributed by atoms with Crippen LogP contribution >= 0.6 is 0 Å². The van der Waals surface area contributed by atoms with E-state index in [4.69, 9.17) is 15.2 Å². The zero-order valence-corrected chi connectivity index (χ0v) is 15.1. The van der Waals surface area contributed by atoms with Gasteiger partial charge in [0.2, 0.25) is 0 Å². The van der Waals surface area contributed by atoms with Crippen molar-refractivity contribution in [1.29, 1.82) is 0 Å². The number of alkyl carbamates (subject to hydrolysis) is 1. The minimum atomic E-state index is -0.479. The summed E-state index contributed by atoms with van der Waals surface area (Å²) in [7, 11) is 1.66. The molecule has 1 atom stereocenters. The number of piperidine rings is 1. The summed E-state index contributed by atoms with van der Waals surface area (Å²) >= 11 is 0. The molecule has 1 aromatic carbocycles. The zero-order valence-electron chi connectivity index (χ0n) is 15.1. The SMILES string of the molecule is COc1ccc(N)cc1CN1CCCC(NC(=O)OC(C)(C)C)C1. The minimum Gasteiger partial charge on any atom is -0.496 e. The summed E-state index contributed by atoms with van der Waals surface area (Å²) in [6.45, 7) is 8.13. The summed E-state index contributed by atoms with van der Waals surface area (Å²) in [5.41, 5.74) is 7.21. The number of amides is 1. The second-order valence-corrected chi connectivity index (χ2v) is 7.29. The maximum absolute atomic E-state index is 11.9.